The maximum atomic E-state index is 12.4. The molecule has 0 saturated heterocycles. The third-order valence-corrected chi connectivity index (χ3v) is 4.95. The predicted octanol–water partition coefficient (Wildman–Crippen LogP) is 3.04. The summed E-state index contributed by atoms with van der Waals surface area (Å²) in [5.41, 5.74) is -0.00362. The molecule has 0 spiro atoms. The average Bonchev–Trinajstić information content (AvgIpc) is 2.82. The molecule has 6 heteroatoms. The molecule has 2 aromatic rings. The second-order valence-electron chi connectivity index (χ2n) is 4.12. The van der Waals surface area contributed by atoms with Gasteiger partial charge in [0.15, 0.2) is 5.16 Å². The minimum Gasteiger partial charge on any atom is -0.287 e. The molecule has 100 valence electrons. The summed E-state index contributed by atoms with van der Waals surface area (Å²) in [6, 6.07) is 4.09. The first-order valence-electron chi connectivity index (χ1n) is 6.20. The molecule has 19 heavy (non-hydrogen) atoms. The van der Waals surface area contributed by atoms with Crippen LogP contribution in [0.4, 0.5) is 0 Å². The van der Waals surface area contributed by atoms with Crippen molar-refractivity contribution in [1.29, 1.82) is 5.26 Å². The smallest absolute Gasteiger partial charge is 0.262 e. The molecule has 0 bridgehead atoms. The van der Waals surface area contributed by atoms with Crippen LogP contribution in [0.15, 0.2) is 16.0 Å². The maximum Gasteiger partial charge on any atom is 0.262 e. The van der Waals surface area contributed by atoms with Crippen LogP contribution in [0.5, 0.6) is 0 Å². The normalized spacial score (nSPS) is 12.5. The van der Waals surface area contributed by atoms with Gasteiger partial charge in [0.05, 0.1) is 16.7 Å². The van der Waals surface area contributed by atoms with Gasteiger partial charge in [-0.25, -0.2) is 4.98 Å². The molecule has 0 N–H and O–H groups in total. The number of nitrogens with zero attached hydrogens (tertiary/aromatic N) is 3. The lowest BCUT2D eigenvalue weighted by atomic mass is 10.3. The van der Waals surface area contributed by atoms with Gasteiger partial charge < -0.3 is 0 Å². The van der Waals surface area contributed by atoms with Crippen LogP contribution >= 0.6 is 23.1 Å². The molecule has 0 aliphatic carbocycles. The van der Waals surface area contributed by atoms with Gasteiger partial charge in [-0.05, 0) is 26.3 Å². The number of thioether (sulfide) groups is 1. The van der Waals surface area contributed by atoms with Crippen molar-refractivity contribution >= 4 is 33.3 Å². The van der Waals surface area contributed by atoms with Crippen LogP contribution in [0.25, 0.3) is 10.2 Å². The second kappa shape index (κ2) is 5.76. The topological polar surface area (TPSA) is 58.7 Å². The van der Waals surface area contributed by atoms with E-state index in [9.17, 15) is 4.79 Å². The lowest BCUT2D eigenvalue weighted by Crippen LogP contribution is -2.22. The Labute approximate surface area is 120 Å². The van der Waals surface area contributed by atoms with Crippen LogP contribution < -0.4 is 5.56 Å². The number of hydrogen-bond donors (Lipinski definition) is 0. The number of hydrogen-bond acceptors (Lipinski definition) is 5. The molecule has 0 aliphatic rings. The fourth-order valence-electron chi connectivity index (χ4n) is 1.77. The van der Waals surface area contributed by atoms with Crippen LogP contribution in [-0.4, -0.2) is 14.8 Å². The Balaban J connectivity index is 2.63. The van der Waals surface area contributed by atoms with E-state index in [4.69, 9.17) is 5.26 Å². The highest BCUT2D eigenvalue weighted by atomic mass is 32.2. The summed E-state index contributed by atoms with van der Waals surface area (Å²) in [4.78, 5) is 18.9. The number of rotatable bonds is 4. The second-order valence-corrected chi connectivity index (χ2v) is 6.54. The molecule has 2 heterocycles. The molecule has 1 atom stereocenters. The van der Waals surface area contributed by atoms with Crippen molar-refractivity contribution in [3.63, 3.8) is 0 Å². The zero-order valence-corrected chi connectivity index (χ0v) is 12.8. The van der Waals surface area contributed by atoms with E-state index in [1.54, 1.807) is 15.9 Å². The predicted molar refractivity (Wildman–Crippen MR) is 79.9 cm³/mol. The first kappa shape index (κ1) is 14.1. The van der Waals surface area contributed by atoms with Gasteiger partial charge in [-0.15, -0.1) is 11.3 Å². The maximum absolute atomic E-state index is 12.4. The zero-order chi connectivity index (χ0) is 14.0. The molecule has 0 fully saturated rings. The first-order valence-corrected chi connectivity index (χ1v) is 7.89. The third-order valence-electron chi connectivity index (χ3n) is 2.80. The Kier molecular flexibility index (Phi) is 4.27. The molecule has 0 saturated carbocycles. The fraction of sp³-hybridized carbons (Fsp3) is 0.462. The Bertz CT molecular complexity index is 696. The zero-order valence-electron chi connectivity index (χ0n) is 11.1. The quantitative estimate of drug-likeness (QED) is 0.642. The Morgan fingerprint density at radius 2 is 2.32 bits per heavy atom. The Morgan fingerprint density at radius 3 is 2.89 bits per heavy atom. The summed E-state index contributed by atoms with van der Waals surface area (Å²) < 4.78 is 1.65. The summed E-state index contributed by atoms with van der Waals surface area (Å²) in [7, 11) is 0. The molecule has 0 aliphatic heterocycles. The number of fused-ring (bicyclic) bond motifs is 1. The van der Waals surface area contributed by atoms with Crippen molar-refractivity contribution in [2.24, 2.45) is 0 Å². The van der Waals surface area contributed by atoms with Crippen molar-refractivity contribution in [3.05, 3.63) is 21.3 Å². The molecule has 0 radical (unpaired) electrons. The number of thiophene rings is 1. The van der Waals surface area contributed by atoms with Crippen LogP contribution in [0, 0.1) is 11.3 Å². The van der Waals surface area contributed by atoms with Gasteiger partial charge in [0.25, 0.3) is 5.56 Å². The van der Waals surface area contributed by atoms with Gasteiger partial charge in [-0.2, -0.15) is 5.26 Å². The van der Waals surface area contributed by atoms with E-state index in [0.29, 0.717) is 17.1 Å². The van der Waals surface area contributed by atoms with E-state index in [-0.39, 0.29) is 10.8 Å². The van der Waals surface area contributed by atoms with Crippen molar-refractivity contribution in [2.75, 3.05) is 0 Å². The van der Waals surface area contributed by atoms with E-state index in [1.165, 1.54) is 11.8 Å². The Morgan fingerprint density at radius 1 is 1.58 bits per heavy atom. The summed E-state index contributed by atoms with van der Waals surface area (Å²) >= 11 is 2.90. The van der Waals surface area contributed by atoms with Crippen LogP contribution in [-0.2, 0) is 13.0 Å². The Hall–Kier alpha value is -1.32. The van der Waals surface area contributed by atoms with E-state index >= 15 is 0 Å². The molecule has 0 amide bonds. The monoisotopic (exact) mass is 293 g/mol. The SMILES string of the molecule is CCc1cc2c(=O)n(CC)c(SC(C)C#N)nc2s1. The van der Waals surface area contributed by atoms with Crippen molar-refractivity contribution < 1.29 is 0 Å². The van der Waals surface area contributed by atoms with Gasteiger partial charge >= 0.3 is 0 Å². The fourth-order valence-corrected chi connectivity index (χ4v) is 3.64. The van der Waals surface area contributed by atoms with Crippen LogP contribution in [0.3, 0.4) is 0 Å². The first-order chi connectivity index (χ1) is 9.10. The molecule has 2 aromatic heterocycles. The van der Waals surface area contributed by atoms with Crippen LogP contribution in [0.2, 0.25) is 0 Å². The molecule has 0 aromatic carbocycles. The minimum absolute atomic E-state index is 0.00362. The number of aryl methyl sites for hydroxylation is 1. The number of aromatic nitrogens is 2. The lowest BCUT2D eigenvalue weighted by Gasteiger charge is -2.10. The van der Waals surface area contributed by atoms with Gasteiger partial charge in [0.1, 0.15) is 4.83 Å². The van der Waals surface area contributed by atoms with Gasteiger partial charge in [0.2, 0.25) is 0 Å². The highest BCUT2D eigenvalue weighted by Gasteiger charge is 2.15. The number of nitriles is 1. The summed E-state index contributed by atoms with van der Waals surface area (Å²) in [5, 5.41) is 10.0. The van der Waals surface area contributed by atoms with Gasteiger partial charge in [-0.1, -0.05) is 18.7 Å². The van der Waals surface area contributed by atoms with E-state index in [0.717, 1.165) is 16.1 Å². The van der Waals surface area contributed by atoms with E-state index < -0.39 is 0 Å². The molecule has 1 unspecified atom stereocenters. The summed E-state index contributed by atoms with van der Waals surface area (Å²) in [6.07, 6.45) is 0.906. The summed E-state index contributed by atoms with van der Waals surface area (Å²) in [5.74, 6) is 0. The molecule has 2 rings (SSSR count). The largest absolute Gasteiger partial charge is 0.287 e. The lowest BCUT2D eigenvalue weighted by molar-refractivity contribution is 0.635. The molecular formula is C13H15N3OS2. The van der Waals surface area contributed by atoms with Crippen molar-refractivity contribution in [3.8, 4) is 6.07 Å². The van der Waals surface area contributed by atoms with Gasteiger partial charge in [-0.3, -0.25) is 9.36 Å². The van der Waals surface area contributed by atoms with E-state index in [2.05, 4.69) is 18.0 Å². The van der Waals surface area contributed by atoms with Gasteiger partial charge in [0, 0.05) is 11.4 Å². The molecular weight excluding hydrogens is 278 g/mol. The third kappa shape index (κ3) is 2.67. The minimum atomic E-state index is -0.215. The highest BCUT2D eigenvalue weighted by molar-refractivity contribution is 8.00. The van der Waals surface area contributed by atoms with Crippen molar-refractivity contribution in [1.82, 2.24) is 9.55 Å². The van der Waals surface area contributed by atoms with E-state index in [1.807, 2.05) is 19.9 Å². The highest BCUT2D eigenvalue weighted by Crippen LogP contribution is 2.26. The standard InChI is InChI=1S/C13H15N3OS2/c1-4-9-6-10-11(19-9)15-13(18-8(3)7-14)16(5-2)12(10)17/h6,8H,4-5H2,1-3H3. The van der Waals surface area contributed by atoms with Crippen LogP contribution in [0.1, 0.15) is 25.6 Å². The average molecular weight is 293 g/mol. The molecule has 4 nitrogen and oxygen atoms in total. The van der Waals surface area contributed by atoms with Crippen molar-refractivity contribution in [2.45, 2.75) is 44.1 Å². The summed E-state index contributed by atoms with van der Waals surface area (Å²) in [6.45, 7) is 6.37.